The summed E-state index contributed by atoms with van der Waals surface area (Å²) in [5.41, 5.74) is 0.514. The second-order valence-electron chi connectivity index (χ2n) is 4.18. The Kier molecular flexibility index (Phi) is 3.64. The van der Waals surface area contributed by atoms with Crippen LogP contribution in [-0.4, -0.2) is 5.11 Å². The molecular formula is C14H12F3NO. The highest BCUT2D eigenvalue weighted by Crippen LogP contribution is 2.25. The van der Waals surface area contributed by atoms with Gasteiger partial charge in [0.25, 0.3) is 0 Å². The highest BCUT2D eigenvalue weighted by molar-refractivity contribution is 5.48. The van der Waals surface area contributed by atoms with E-state index in [2.05, 4.69) is 5.32 Å². The van der Waals surface area contributed by atoms with Crippen LogP contribution in [0.3, 0.4) is 0 Å². The Morgan fingerprint density at radius 3 is 2.47 bits per heavy atom. The summed E-state index contributed by atoms with van der Waals surface area (Å²) in [5, 5.41) is 11.9. The maximum absolute atomic E-state index is 13.6. The fraction of sp³-hybridized carbons (Fsp3) is 0.143. The zero-order chi connectivity index (χ0) is 14.0. The van der Waals surface area contributed by atoms with E-state index < -0.39 is 29.2 Å². The predicted octanol–water partition coefficient (Wildman–Crippen LogP) is 3.98. The van der Waals surface area contributed by atoms with Crippen molar-refractivity contribution in [2.45, 2.75) is 13.0 Å². The number of benzene rings is 2. The molecule has 0 aromatic heterocycles. The van der Waals surface area contributed by atoms with Crippen LogP contribution in [0.5, 0.6) is 5.75 Å². The maximum atomic E-state index is 13.6. The van der Waals surface area contributed by atoms with E-state index in [-0.39, 0.29) is 5.56 Å². The zero-order valence-electron chi connectivity index (χ0n) is 10.1. The third-order valence-corrected chi connectivity index (χ3v) is 2.78. The molecule has 1 unspecified atom stereocenters. The van der Waals surface area contributed by atoms with Crippen LogP contribution in [0.1, 0.15) is 18.5 Å². The molecule has 19 heavy (non-hydrogen) atoms. The van der Waals surface area contributed by atoms with E-state index in [0.29, 0.717) is 5.69 Å². The van der Waals surface area contributed by atoms with Crippen LogP contribution in [-0.2, 0) is 0 Å². The molecule has 0 fully saturated rings. The lowest BCUT2D eigenvalue weighted by Gasteiger charge is -2.16. The van der Waals surface area contributed by atoms with Gasteiger partial charge in [-0.15, -0.1) is 0 Å². The quantitative estimate of drug-likeness (QED) is 0.824. The van der Waals surface area contributed by atoms with Crippen LogP contribution in [0.4, 0.5) is 18.9 Å². The Labute approximate surface area is 108 Å². The average molecular weight is 267 g/mol. The van der Waals surface area contributed by atoms with Gasteiger partial charge in [0, 0.05) is 17.3 Å². The Balaban J connectivity index is 2.23. The van der Waals surface area contributed by atoms with E-state index in [4.69, 9.17) is 5.11 Å². The van der Waals surface area contributed by atoms with Gasteiger partial charge >= 0.3 is 0 Å². The summed E-state index contributed by atoms with van der Waals surface area (Å²) >= 11 is 0. The minimum Gasteiger partial charge on any atom is -0.505 e. The first-order valence-corrected chi connectivity index (χ1v) is 5.68. The van der Waals surface area contributed by atoms with Crippen molar-refractivity contribution in [3.63, 3.8) is 0 Å². The normalized spacial score (nSPS) is 12.2. The third-order valence-electron chi connectivity index (χ3n) is 2.78. The fourth-order valence-corrected chi connectivity index (χ4v) is 1.78. The van der Waals surface area contributed by atoms with E-state index in [9.17, 15) is 13.2 Å². The molecule has 5 heteroatoms. The van der Waals surface area contributed by atoms with E-state index in [1.165, 1.54) is 24.3 Å². The molecule has 1 atom stereocenters. The molecule has 2 N–H and O–H groups in total. The molecule has 0 aliphatic carbocycles. The molecule has 0 saturated heterocycles. The second kappa shape index (κ2) is 5.22. The Bertz CT molecular complexity index is 601. The average Bonchev–Trinajstić information content (AvgIpc) is 2.37. The van der Waals surface area contributed by atoms with Crippen LogP contribution in [0.25, 0.3) is 0 Å². The molecule has 0 bridgehead atoms. The molecule has 2 aromatic rings. The van der Waals surface area contributed by atoms with Crippen LogP contribution in [0.2, 0.25) is 0 Å². The van der Waals surface area contributed by atoms with Crippen LogP contribution in [0, 0.1) is 17.5 Å². The van der Waals surface area contributed by atoms with Gasteiger partial charge < -0.3 is 10.4 Å². The topological polar surface area (TPSA) is 32.3 Å². The number of hydrogen-bond acceptors (Lipinski definition) is 2. The number of rotatable bonds is 3. The van der Waals surface area contributed by atoms with Gasteiger partial charge in [0.05, 0.1) is 6.04 Å². The number of aromatic hydroxyl groups is 1. The molecule has 2 nitrogen and oxygen atoms in total. The predicted molar refractivity (Wildman–Crippen MR) is 66.5 cm³/mol. The molecule has 0 saturated carbocycles. The smallest absolute Gasteiger partial charge is 0.166 e. The standard InChI is InChI=1S/C14H12F3NO/c1-8(10-3-2-4-11(15)14(10)17)18-9-5-6-13(19)12(16)7-9/h2-8,18-19H,1H3. The van der Waals surface area contributed by atoms with Crippen molar-refractivity contribution in [3.05, 3.63) is 59.4 Å². The number of phenols is 1. The molecule has 0 spiro atoms. The zero-order valence-corrected chi connectivity index (χ0v) is 10.1. The minimum atomic E-state index is -0.929. The van der Waals surface area contributed by atoms with Crippen molar-refractivity contribution in [2.75, 3.05) is 5.32 Å². The molecular weight excluding hydrogens is 255 g/mol. The maximum Gasteiger partial charge on any atom is 0.166 e. The number of nitrogens with one attached hydrogen (secondary N) is 1. The lowest BCUT2D eigenvalue weighted by atomic mass is 10.1. The molecule has 0 aliphatic rings. The van der Waals surface area contributed by atoms with E-state index in [0.717, 1.165) is 12.1 Å². The van der Waals surface area contributed by atoms with Gasteiger partial charge in [-0.1, -0.05) is 12.1 Å². The molecule has 2 aromatic carbocycles. The first-order valence-electron chi connectivity index (χ1n) is 5.68. The van der Waals surface area contributed by atoms with Crippen LogP contribution in [0.15, 0.2) is 36.4 Å². The summed E-state index contributed by atoms with van der Waals surface area (Å²) in [6.07, 6.45) is 0. The van der Waals surface area contributed by atoms with E-state index in [1.807, 2.05) is 0 Å². The highest BCUT2D eigenvalue weighted by atomic mass is 19.2. The Morgan fingerprint density at radius 2 is 1.79 bits per heavy atom. The summed E-state index contributed by atoms with van der Waals surface area (Å²) in [7, 11) is 0. The molecule has 100 valence electrons. The fourth-order valence-electron chi connectivity index (χ4n) is 1.78. The highest BCUT2D eigenvalue weighted by Gasteiger charge is 2.14. The molecule has 0 aliphatic heterocycles. The SMILES string of the molecule is CC(Nc1ccc(O)c(F)c1)c1cccc(F)c1F. The second-order valence-corrected chi connectivity index (χ2v) is 4.18. The van der Waals surface area contributed by atoms with Gasteiger partial charge in [-0.2, -0.15) is 0 Å². The molecule has 0 radical (unpaired) electrons. The van der Waals surface area contributed by atoms with Gasteiger partial charge in [-0.05, 0) is 25.1 Å². The van der Waals surface area contributed by atoms with Crippen molar-refractivity contribution in [3.8, 4) is 5.75 Å². The van der Waals surface area contributed by atoms with Gasteiger partial charge in [0.2, 0.25) is 0 Å². The monoisotopic (exact) mass is 267 g/mol. The first kappa shape index (κ1) is 13.3. The Morgan fingerprint density at radius 1 is 1.05 bits per heavy atom. The third kappa shape index (κ3) is 2.81. The van der Waals surface area contributed by atoms with Crippen LogP contribution >= 0.6 is 0 Å². The van der Waals surface area contributed by atoms with Gasteiger partial charge in [-0.3, -0.25) is 0 Å². The van der Waals surface area contributed by atoms with Crippen molar-refractivity contribution >= 4 is 5.69 Å². The van der Waals surface area contributed by atoms with E-state index in [1.54, 1.807) is 6.92 Å². The summed E-state index contributed by atoms with van der Waals surface area (Å²) in [6.45, 7) is 1.63. The van der Waals surface area contributed by atoms with Gasteiger partial charge in [0.15, 0.2) is 23.2 Å². The molecule has 2 rings (SSSR count). The summed E-state index contributed by atoms with van der Waals surface area (Å²) in [6, 6.07) is 7.07. The Hall–Kier alpha value is -2.17. The van der Waals surface area contributed by atoms with Crippen molar-refractivity contribution in [1.82, 2.24) is 0 Å². The number of halogens is 3. The number of phenolic OH excluding ortho intramolecular Hbond substituents is 1. The molecule has 0 amide bonds. The minimum absolute atomic E-state index is 0.147. The summed E-state index contributed by atoms with van der Waals surface area (Å²) < 4.78 is 39.8. The van der Waals surface area contributed by atoms with Gasteiger partial charge in [0.1, 0.15) is 0 Å². The number of anilines is 1. The van der Waals surface area contributed by atoms with Crippen molar-refractivity contribution in [1.29, 1.82) is 0 Å². The first-order chi connectivity index (χ1) is 8.99. The van der Waals surface area contributed by atoms with E-state index >= 15 is 0 Å². The van der Waals surface area contributed by atoms with Crippen LogP contribution < -0.4 is 5.32 Å². The lowest BCUT2D eigenvalue weighted by Crippen LogP contribution is -2.09. The summed E-state index contributed by atoms with van der Waals surface area (Å²) in [5.74, 6) is -3.10. The lowest BCUT2D eigenvalue weighted by molar-refractivity contribution is 0.432. The van der Waals surface area contributed by atoms with Crippen molar-refractivity contribution < 1.29 is 18.3 Å². The largest absolute Gasteiger partial charge is 0.505 e. The van der Waals surface area contributed by atoms with Crippen molar-refractivity contribution in [2.24, 2.45) is 0 Å². The van der Waals surface area contributed by atoms with Gasteiger partial charge in [-0.25, -0.2) is 13.2 Å². The number of hydrogen-bond donors (Lipinski definition) is 2. The summed E-state index contributed by atoms with van der Waals surface area (Å²) in [4.78, 5) is 0. The molecule has 0 heterocycles.